The van der Waals surface area contributed by atoms with Crippen LogP contribution in [-0.2, 0) is 9.59 Å². The van der Waals surface area contributed by atoms with Gasteiger partial charge in [0.1, 0.15) is 0 Å². The van der Waals surface area contributed by atoms with Crippen molar-refractivity contribution in [1.82, 2.24) is 4.90 Å². The van der Waals surface area contributed by atoms with E-state index in [9.17, 15) is 9.59 Å². The zero-order valence-corrected chi connectivity index (χ0v) is 7.41. The molecule has 1 aliphatic heterocycles. The van der Waals surface area contributed by atoms with Crippen LogP contribution in [0.2, 0.25) is 0 Å². The van der Waals surface area contributed by atoms with Gasteiger partial charge in [0.25, 0.3) is 0 Å². The molecule has 2 atom stereocenters. The van der Waals surface area contributed by atoms with Crippen LogP contribution < -0.4 is 5.73 Å². The molecule has 0 aromatic rings. The first-order valence-electron chi connectivity index (χ1n) is 4.14. The lowest BCUT2D eigenvalue weighted by Gasteiger charge is -2.25. The second-order valence-electron chi connectivity index (χ2n) is 3.26. The van der Waals surface area contributed by atoms with Gasteiger partial charge in [-0.2, -0.15) is 0 Å². The van der Waals surface area contributed by atoms with Crippen molar-refractivity contribution in [2.75, 3.05) is 0 Å². The Hall–Kier alpha value is -0.900. The first kappa shape index (κ1) is 9.19. The lowest BCUT2D eigenvalue weighted by molar-refractivity contribution is -0.141. The third kappa shape index (κ3) is 1.48. The van der Waals surface area contributed by atoms with Crippen molar-refractivity contribution in [2.24, 2.45) is 5.73 Å². The number of likely N-dealkylation sites (tertiary alicyclic amines) is 1. The van der Waals surface area contributed by atoms with Gasteiger partial charge in [-0.3, -0.25) is 14.5 Å². The molecule has 1 heterocycles. The molecule has 0 spiro atoms. The number of nitrogens with two attached hydrogens (primary N) is 1. The molecule has 0 aromatic heterocycles. The summed E-state index contributed by atoms with van der Waals surface area (Å²) >= 11 is 0. The number of nitrogens with zero attached hydrogens (tertiary/aromatic N) is 1. The normalized spacial score (nSPS) is 23.1. The summed E-state index contributed by atoms with van der Waals surface area (Å²) in [5.74, 6) is -0.186. The van der Waals surface area contributed by atoms with E-state index in [0.29, 0.717) is 12.8 Å². The number of imide groups is 1. The van der Waals surface area contributed by atoms with Crippen LogP contribution in [0.1, 0.15) is 26.7 Å². The lowest BCUT2D eigenvalue weighted by atomic mass is 10.1. The van der Waals surface area contributed by atoms with Crippen molar-refractivity contribution in [1.29, 1.82) is 0 Å². The summed E-state index contributed by atoms with van der Waals surface area (Å²) in [6.45, 7) is 3.59. The molecule has 4 nitrogen and oxygen atoms in total. The van der Waals surface area contributed by atoms with Crippen molar-refractivity contribution in [3.63, 3.8) is 0 Å². The molecule has 12 heavy (non-hydrogen) atoms. The predicted molar refractivity (Wildman–Crippen MR) is 44.2 cm³/mol. The van der Waals surface area contributed by atoms with Gasteiger partial charge in [0, 0.05) is 18.9 Å². The largest absolute Gasteiger partial charge is 0.326 e. The zero-order valence-electron chi connectivity index (χ0n) is 7.41. The second-order valence-corrected chi connectivity index (χ2v) is 3.26. The molecule has 0 bridgehead atoms. The highest BCUT2D eigenvalue weighted by Crippen LogP contribution is 2.16. The lowest BCUT2D eigenvalue weighted by Crippen LogP contribution is -2.46. The van der Waals surface area contributed by atoms with Crippen LogP contribution in [0.4, 0.5) is 0 Å². The average Bonchev–Trinajstić information content (AvgIpc) is 2.30. The van der Waals surface area contributed by atoms with Gasteiger partial charge in [-0.1, -0.05) is 0 Å². The molecule has 2 N–H and O–H groups in total. The van der Waals surface area contributed by atoms with Crippen LogP contribution in [0.5, 0.6) is 0 Å². The molecule has 1 fully saturated rings. The third-order valence-corrected chi connectivity index (χ3v) is 2.26. The molecule has 1 aliphatic rings. The smallest absolute Gasteiger partial charge is 0.229 e. The predicted octanol–water partition coefficient (Wildman–Crippen LogP) is -0.129. The van der Waals surface area contributed by atoms with Gasteiger partial charge in [0.2, 0.25) is 11.8 Å². The van der Waals surface area contributed by atoms with Gasteiger partial charge in [-0.25, -0.2) is 0 Å². The molecule has 2 unspecified atom stereocenters. The van der Waals surface area contributed by atoms with Crippen LogP contribution in [0.3, 0.4) is 0 Å². The Morgan fingerprint density at radius 1 is 1.25 bits per heavy atom. The van der Waals surface area contributed by atoms with Crippen LogP contribution >= 0.6 is 0 Å². The van der Waals surface area contributed by atoms with Crippen molar-refractivity contribution in [2.45, 2.75) is 38.8 Å². The maximum atomic E-state index is 11.2. The fourth-order valence-corrected chi connectivity index (χ4v) is 1.28. The number of carbonyl (C=O) groups excluding carboxylic acids is 2. The van der Waals surface area contributed by atoms with Gasteiger partial charge < -0.3 is 5.73 Å². The van der Waals surface area contributed by atoms with E-state index in [1.807, 2.05) is 0 Å². The zero-order chi connectivity index (χ0) is 9.30. The van der Waals surface area contributed by atoms with E-state index in [1.54, 1.807) is 13.8 Å². The van der Waals surface area contributed by atoms with Gasteiger partial charge in [0.15, 0.2) is 0 Å². The van der Waals surface area contributed by atoms with Crippen LogP contribution in [0.25, 0.3) is 0 Å². The number of hydrogen-bond acceptors (Lipinski definition) is 3. The van der Waals surface area contributed by atoms with Crippen molar-refractivity contribution in [3.8, 4) is 0 Å². The van der Waals surface area contributed by atoms with Crippen molar-refractivity contribution < 1.29 is 9.59 Å². The Kier molecular flexibility index (Phi) is 2.47. The Morgan fingerprint density at radius 3 is 2.00 bits per heavy atom. The molecular formula is C8H14N2O2. The quantitative estimate of drug-likeness (QED) is 0.587. The molecule has 2 amide bonds. The van der Waals surface area contributed by atoms with Crippen molar-refractivity contribution in [3.05, 3.63) is 0 Å². The Morgan fingerprint density at radius 2 is 1.67 bits per heavy atom. The molecular weight excluding hydrogens is 156 g/mol. The summed E-state index contributed by atoms with van der Waals surface area (Å²) in [6, 6.07) is -0.330. The topological polar surface area (TPSA) is 63.4 Å². The number of hydrogen-bond donors (Lipinski definition) is 1. The maximum absolute atomic E-state index is 11.2. The summed E-state index contributed by atoms with van der Waals surface area (Å²) in [6.07, 6.45) is 0.686. The van der Waals surface area contributed by atoms with Gasteiger partial charge in [0.05, 0.1) is 6.04 Å². The Balaban J connectivity index is 2.72. The number of amides is 2. The molecule has 4 heteroatoms. The van der Waals surface area contributed by atoms with E-state index in [2.05, 4.69) is 0 Å². The summed E-state index contributed by atoms with van der Waals surface area (Å²) < 4.78 is 0. The van der Waals surface area contributed by atoms with E-state index in [1.165, 1.54) is 4.90 Å². The maximum Gasteiger partial charge on any atom is 0.229 e. The summed E-state index contributed by atoms with van der Waals surface area (Å²) in [5, 5.41) is 0. The van der Waals surface area contributed by atoms with Gasteiger partial charge in [-0.15, -0.1) is 0 Å². The highest BCUT2D eigenvalue weighted by molar-refractivity contribution is 6.02. The average molecular weight is 170 g/mol. The molecule has 0 aromatic carbocycles. The fourth-order valence-electron chi connectivity index (χ4n) is 1.28. The summed E-state index contributed by atoms with van der Waals surface area (Å²) in [7, 11) is 0. The fraction of sp³-hybridized carbons (Fsp3) is 0.750. The highest BCUT2D eigenvalue weighted by Gasteiger charge is 2.33. The molecule has 0 saturated carbocycles. The molecule has 0 radical (unpaired) electrons. The van der Waals surface area contributed by atoms with Crippen molar-refractivity contribution >= 4 is 11.8 Å². The molecule has 68 valence electrons. The summed E-state index contributed by atoms with van der Waals surface area (Å²) in [5.41, 5.74) is 5.59. The standard InChI is InChI=1S/C8H14N2O2/c1-5(9)6(2)10-7(11)3-4-8(10)12/h5-6H,3-4,9H2,1-2H3. The molecule has 1 saturated heterocycles. The summed E-state index contributed by atoms with van der Waals surface area (Å²) in [4.78, 5) is 23.6. The minimum atomic E-state index is -0.174. The van der Waals surface area contributed by atoms with Crippen LogP contribution in [0, 0.1) is 0 Å². The second kappa shape index (κ2) is 3.23. The monoisotopic (exact) mass is 170 g/mol. The highest BCUT2D eigenvalue weighted by atomic mass is 16.2. The SMILES string of the molecule is CC(N)C(C)N1C(=O)CCC1=O. The number of rotatable bonds is 2. The molecule has 1 rings (SSSR count). The Bertz CT molecular complexity index is 197. The van der Waals surface area contributed by atoms with Gasteiger partial charge >= 0.3 is 0 Å². The van der Waals surface area contributed by atoms with E-state index < -0.39 is 0 Å². The van der Waals surface area contributed by atoms with E-state index >= 15 is 0 Å². The van der Waals surface area contributed by atoms with E-state index in [-0.39, 0.29) is 23.9 Å². The molecule has 0 aliphatic carbocycles. The number of carbonyl (C=O) groups is 2. The Labute approximate surface area is 71.7 Å². The van der Waals surface area contributed by atoms with Crippen LogP contribution in [0.15, 0.2) is 0 Å². The minimum absolute atomic E-state index is 0.0928. The van der Waals surface area contributed by atoms with E-state index in [4.69, 9.17) is 5.73 Å². The third-order valence-electron chi connectivity index (χ3n) is 2.26. The van der Waals surface area contributed by atoms with Gasteiger partial charge in [-0.05, 0) is 13.8 Å². The van der Waals surface area contributed by atoms with E-state index in [0.717, 1.165) is 0 Å². The first-order valence-corrected chi connectivity index (χ1v) is 4.14. The van der Waals surface area contributed by atoms with Crippen LogP contribution in [-0.4, -0.2) is 28.8 Å². The minimum Gasteiger partial charge on any atom is -0.326 e. The first-order chi connectivity index (χ1) is 5.54.